The van der Waals surface area contributed by atoms with Gasteiger partial charge in [0.15, 0.2) is 0 Å². The second-order valence-corrected chi connectivity index (χ2v) is 9.70. The molecule has 30 heavy (non-hydrogen) atoms. The molecule has 3 heterocycles. The molecule has 162 valence electrons. The van der Waals surface area contributed by atoms with Crippen molar-refractivity contribution in [3.8, 4) is 0 Å². The minimum absolute atomic E-state index is 0.208. The van der Waals surface area contributed by atoms with Crippen LogP contribution in [-0.2, 0) is 11.3 Å². The van der Waals surface area contributed by atoms with Crippen molar-refractivity contribution >= 4 is 5.95 Å². The van der Waals surface area contributed by atoms with Crippen molar-refractivity contribution in [1.29, 1.82) is 0 Å². The number of aromatic nitrogens is 5. The molecule has 5 rings (SSSR count). The van der Waals surface area contributed by atoms with Gasteiger partial charge in [0.1, 0.15) is 0 Å². The van der Waals surface area contributed by atoms with Gasteiger partial charge in [0.05, 0.1) is 24.0 Å². The van der Waals surface area contributed by atoms with Gasteiger partial charge in [-0.1, -0.05) is 5.21 Å². The first-order chi connectivity index (χ1) is 14.5. The van der Waals surface area contributed by atoms with Gasteiger partial charge in [0, 0.05) is 38.1 Å². The number of nitrogens with zero attached hydrogens (tertiary/aromatic N) is 7. The predicted molar refractivity (Wildman–Crippen MR) is 114 cm³/mol. The lowest BCUT2D eigenvalue weighted by atomic mass is 9.77. The van der Waals surface area contributed by atoms with E-state index in [2.05, 4.69) is 55.1 Å². The van der Waals surface area contributed by atoms with Crippen LogP contribution in [0.1, 0.15) is 43.1 Å². The summed E-state index contributed by atoms with van der Waals surface area (Å²) in [4.78, 5) is 13.7. The molecule has 0 spiro atoms. The van der Waals surface area contributed by atoms with E-state index in [0.29, 0.717) is 11.8 Å². The van der Waals surface area contributed by atoms with Gasteiger partial charge in [-0.15, -0.1) is 5.10 Å². The van der Waals surface area contributed by atoms with Gasteiger partial charge < -0.3 is 14.5 Å². The molecular weight excluding hydrogens is 378 g/mol. The van der Waals surface area contributed by atoms with Crippen LogP contribution in [-0.4, -0.2) is 69.8 Å². The Labute approximate surface area is 178 Å². The summed E-state index contributed by atoms with van der Waals surface area (Å²) in [6.45, 7) is 5.77. The highest BCUT2D eigenvalue weighted by molar-refractivity contribution is 5.33. The highest BCUT2D eigenvalue weighted by Gasteiger charge is 2.44. The van der Waals surface area contributed by atoms with Crippen LogP contribution < -0.4 is 4.90 Å². The summed E-state index contributed by atoms with van der Waals surface area (Å²) in [5.41, 5.74) is 2.04. The van der Waals surface area contributed by atoms with E-state index in [4.69, 9.17) is 4.74 Å². The Bertz CT molecular complexity index is 865. The number of rotatable bonds is 7. The van der Waals surface area contributed by atoms with Gasteiger partial charge in [0.2, 0.25) is 5.95 Å². The fourth-order valence-electron chi connectivity index (χ4n) is 5.02. The van der Waals surface area contributed by atoms with E-state index < -0.39 is 0 Å². The third-order valence-corrected chi connectivity index (χ3v) is 6.77. The zero-order valence-corrected chi connectivity index (χ0v) is 18.3. The Morgan fingerprint density at radius 2 is 1.97 bits per heavy atom. The second-order valence-electron chi connectivity index (χ2n) is 9.70. The predicted octanol–water partition coefficient (Wildman–Crippen LogP) is 2.32. The molecule has 2 saturated carbocycles. The van der Waals surface area contributed by atoms with Gasteiger partial charge in [0.25, 0.3) is 0 Å². The van der Waals surface area contributed by atoms with Crippen LogP contribution in [0.4, 0.5) is 5.95 Å². The van der Waals surface area contributed by atoms with E-state index in [0.717, 1.165) is 62.3 Å². The lowest BCUT2D eigenvalue weighted by molar-refractivity contribution is -0.0375. The van der Waals surface area contributed by atoms with E-state index in [1.54, 1.807) is 0 Å². The monoisotopic (exact) mass is 411 g/mol. The maximum absolute atomic E-state index is 6.48. The summed E-state index contributed by atoms with van der Waals surface area (Å²) in [5.74, 6) is 2.87. The fraction of sp³-hybridized carbons (Fsp3) is 0.727. The van der Waals surface area contributed by atoms with Crippen LogP contribution in [0.5, 0.6) is 0 Å². The van der Waals surface area contributed by atoms with Crippen molar-refractivity contribution in [2.24, 2.45) is 17.8 Å². The van der Waals surface area contributed by atoms with Crippen LogP contribution >= 0.6 is 0 Å². The summed E-state index contributed by atoms with van der Waals surface area (Å²) in [5, 5.41) is 8.93. The molecule has 4 atom stereocenters. The van der Waals surface area contributed by atoms with Gasteiger partial charge in [-0.2, -0.15) is 0 Å². The highest BCUT2D eigenvalue weighted by Crippen LogP contribution is 2.43. The quantitative estimate of drug-likeness (QED) is 0.692. The molecule has 8 heteroatoms. The molecule has 2 aromatic heterocycles. The second kappa shape index (κ2) is 8.23. The van der Waals surface area contributed by atoms with E-state index >= 15 is 0 Å². The van der Waals surface area contributed by atoms with Crippen molar-refractivity contribution in [3.05, 3.63) is 29.8 Å². The lowest BCUT2D eigenvalue weighted by Crippen LogP contribution is -2.38. The van der Waals surface area contributed by atoms with Crippen LogP contribution in [0.2, 0.25) is 0 Å². The molecule has 3 aliphatic rings. The molecule has 2 aliphatic carbocycles. The minimum Gasteiger partial charge on any atom is -0.376 e. The normalized spacial score (nSPS) is 28.9. The Morgan fingerprint density at radius 1 is 1.17 bits per heavy atom. The first-order valence-corrected chi connectivity index (χ1v) is 11.3. The number of aryl methyl sites for hydroxylation is 1. The van der Waals surface area contributed by atoms with E-state index in [-0.39, 0.29) is 12.1 Å². The van der Waals surface area contributed by atoms with Crippen molar-refractivity contribution in [2.45, 2.75) is 51.3 Å². The molecule has 0 N–H and O–H groups in total. The molecule has 1 saturated heterocycles. The molecular formula is C22H33N7O. The van der Waals surface area contributed by atoms with Gasteiger partial charge in [-0.05, 0) is 70.5 Å². The van der Waals surface area contributed by atoms with Gasteiger partial charge >= 0.3 is 0 Å². The molecule has 1 aliphatic heterocycles. The van der Waals surface area contributed by atoms with Gasteiger partial charge in [-0.25, -0.2) is 14.6 Å². The molecule has 0 radical (unpaired) electrons. The third-order valence-electron chi connectivity index (χ3n) is 6.77. The zero-order chi connectivity index (χ0) is 20.7. The number of anilines is 1. The van der Waals surface area contributed by atoms with E-state index in [1.165, 1.54) is 12.8 Å². The van der Waals surface area contributed by atoms with Crippen LogP contribution in [0.15, 0.2) is 18.5 Å². The SMILES string of the molecule is Cc1ccnc(N2C[C@H]3C[C@@H](n4cc(CN(C)C)nn4)[C@H](OCC4CC4)C[C@H]3C2)n1. The van der Waals surface area contributed by atoms with E-state index in [9.17, 15) is 0 Å². The maximum atomic E-state index is 6.48. The smallest absolute Gasteiger partial charge is 0.225 e. The van der Waals surface area contributed by atoms with E-state index in [1.807, 2.05) is 19.2 Å². The van der Waals surface area contributed by atoms with Crippen molar-refractivity contribution in [3.63, 3.8) is 0 Å². The Balaban J connectivity index is 1.33. The number of fused-ring (bicyclic) bond motifs is 1. The summed E-state index contributed by atoms with van der Waals surface area (Å²) in [6, 6.07) is 2.22. The molecule has 3 fully saturated rings. The summed E-state index contributed by atoms with van der Waals surface area (Å²) in [6.07, 6.45) is 8.98. The first kappa shape index (κ1) is 19.9. The molecule has 0 amide bonds. The van der Waals surface area contributed by atoms with Crippen molar-refractivity contribution in [1.82, 2.24) is 29.9 Å². The Hall–Kier alpha value is -2.06. The lowest BCUT2D eigenvalue weighted by Gasteiger charge is -2.37. The zero-order valence-electron chi connectivity index (χ0n) is 18.3. The van der Waals surface area contributed by atoms with Crippen LogP contribution in [0, 0.1) is 24.7 Å². The molecule has 0 aromatic carbocycles. The fourth-order valence-corrected chi connectivity index (χ4v) is 5.02. The third kappa shape index (κ3) is 4.34. The van der Waals surface area contributed by atoms with Gasteiger partial charge in [-0.3, -0.25) is 0 Å². The number of hydrogen-bond acceptors (Lipinski definition) is 7. The largest absolute Gasteiger partial charge is 0.376 e. The summed E-state index contributed by atoms with van der Waals surface area (Å²) >= 11 is 0. The average Bonchev–Trinajstić information content (AvgIpc) is 3.27. The van der Waals surface area contributed by atoms with Crippen molar-refractivity contribution < 1.29 is 4.74 Å². The topological polar surface area (TPSA) is 72.2 Å². The Morgan fingerprint density at radius 3 is 2.70 bits per heavy atom. The van der Waals surface area contributed by atoms with Crippen LogP contribution in [0.25, 0.3) is 0 Å². The molecule has 8 nitrogen and oxygen atoms in total. The molecule has 2 aromatic rings. The van der Waals surface area contributed by atoms with Crippen LogP contribution in [0.3, 0.4) is 0 Å². The highest BCUT2D eigenvalue weighted by atomic mass is 16.5. The van der Waals surface area contributed by atoms with Crippen molar-refractivity contribution in [2.75, 3.05) is 38.7 Å². The number of hydrogen-bond donors (Lipinski definition) is 0. The summed E-state index contributed by atoms with van der Waals surface area (Å²) < 4.78 is 8.57. The first-order valence-electron chi connectivity index (χ1n) is 11.3. The maximum Gasteiger partial charge on any atom is 0.225 e. The summed E-state index contributed by atoms with van der Waals surface area (Å²) in [7, 11) is 4.12. The standard InChI is InChI=1S/C22H33N7O/c1-15-6-7-23-22(24-15)28-10-17-8-20(29-13-19(25-26-29)12-27(2)3)21(9-18(17)11-28)30-14-16-4-5-16/h6-7,13,16-18,20-21H,4-5,8-12,14H2,1-3H3/t17-,18+,20-,21-/m1/s1. The average molecular weight is 412 g/mol. The minimum atomic E-state index is 0.208. The Kier molecular flexibility index (Phi) is 5.45. The molecule has 0 bridgehead atoms. The number of ether oxygens (including phenoxy) is 1. The molecule has 0 unspecified atom stereocenters.